The molecule has 1 unspecified atom stereocenters. The summed E-state index contributed by atoms with van der Waals surface area (Å²) in [5.41, 5.74) is 0.392. The second-order valence-corrected chi connectivity index (χ2v) is 8.45. The Hall–Kier alpha value is -1.99. The summed E-state index contributed by atoms with van der Waals surface area (Å²) in [5, 5.41) is 0.734. The maximum Gasteiger partial charge on any atom is 0.323 e. The Balaban J connectivity index is 1.87. The number of fused-ring (bicyclic) bond motifs is 1. The first-order valence-corrected chi connectivity index (χ1v) is 10.4. The molecule has 2 aromatic rings. The van der Waals surface area contributed by atoms with Crippen LogP contribution in [0.1, 0.15) is 38.5 Å². The minimum Gasteiger partial charge on any atom is -0.468 e. The molecule has 7 heteroatoms. The Morgan fingerprint density at radius 2 is 1.96 bits per heavy atom. The Bertz CT molecular complexity index is 871. The largest absolute Gasteiger partial charge is 0.468 e. The van der Waals surface area contributed by atoms with Gasteiger partial charge in [-0.05, 0) is 24.5 Å². The first-order valence-electron chi connectivity index (χ1n) is 8.95. The molecule has 1 heterocycles. The van der Waals surface area contributed by atoms with Crippen LogP contribution in [0.4, 0.5) is 0 Å². The predicted molar refractivity (Wildman–Crippen MR) is 99.1 cm³/mol. The molecule has 1 aliphatic carbocycles. The lowest BCUT2D eigenvalue weighted by atomic mass is 9.85. The van der Waals surface area contributed by atoms with Crippen molar-refractivity contribution in [3.05, 3.63) is 36.5 Å². The summed E-state index contributed by atoms with van der Waals surface area (Å²) in [7, 11) is -2.62. The first-order chi connectivity index (χ1) is 12.5. The van der Waals surface area contributed by atoms with Crippen molar-refractivity contribution >= 4 is 26.9 Å². The molecule has 26 heavy (non-hydrogen) atoms. The fourth-order valence-electron chi connectivity index (χ4n) is 3.63. The number of rotatable bonds is 6. The number of para-hydroxylation sites is 1. The lowest BCUT2D eigenvalue weighted by molar-refractivity contribution is -0.143. The Morgan fingerprint density at radius 1 is 1.23 bits per heavy atom. The Labute approximate surface area is 154 Å². The van der Waals surface area contributed by atoms with E-state index in [1.54, 1.807) is 30.5 Å². The molecule has 140 valence electrons. The van der Waals surface area contributed by atoms with E-state index < -0.39 is 22.0 Å². The van der Waals surface area contributed by atoms with E-state index in [9.17, 15) is 13.2 Å². The molecule has 0 aliphatic heterocycles. The number of sulfonamides is 1. The van der Waals surface area contributed by atoms with Crippen molar-refractivity contribution in [2.24, 2.45) is 5.92 Å². The van der Waals surface area contributed by atoms with Crippen LogP contribution in [-0.2, 0) is 19.6 Å². The summed E-state index contributed by atoms with van der Waals surface area (Å²) < 4.78 is 33.3. The zero-order valence-corrected chi connectivity index (χ0v) is 15.7. The zero-order valence-electron chi connectivity index (χ0n) is 14.8. The highest BCUT2D eigenvalue weighted by molar-refractivity contribution is 7.89. The molecule has 0 radical (unpaired) electrons. The third-order valence-electron chi connectivity index (χ3n) is 4.96. The minimum absolute atomic E-state index is 0.0770. The molecule has 1 aromatic carbocycles. The summed E-state index contributed by atoms with van der Waals surface area (Å²) in [6, 6.07) is 7.67. The fraction of sp³-hybridized carbons (Fsp3) is 0.474. The number of carbonyl (C=O) groups excluding carboxylic acids is 1. The molecule has 0 saturated heterocycles. The Kier molecular flexibility index (Phi) is 5.88. The van der Waals surface area contributed by atoms with Crippen molar-refractivity contribution in [2.45, 2.75) is 49.5 Å². The van der Waals surface area contributed by atoms with Crippen molar-refractivity contribution in [1.29, 1.82) is 0 Å². The third-order valence-corrected chi connectivity index (χ3v) is 6.47. The summed E-state index contributed by atoms with van der Waals surface area (Å²) in [4.78, 5) is 16.5. The highest BCUT2D eigenvalue weighted by Gasteiger charge is 2.30. The monoisotopic (exact) mass is 376 g/mol. The number of pyridine rings is 1. The van der Waals surface area contributed by atoms with Gasteiger partial charge in [0, 0.05) is 11.6 Å². The number of hydrogen-bond acceptors (Lipinski definition) is 5. The summed E-state index contributed by atoms with van der Waals surface area (Å²) >= 11 is 0. The fourth-order valence-corrected chi connectivity index (χ4v) is 5.01. The zero-order chi connectivity index (χ0) is 18.6. The van der Waals surface area contributed by atoms with Crippen LogP contribution in [0.25, 0.3) is 10.9 Å². The topological polar surface area (TPSA) is 85.4 Å². The van der Waals surface area contributed by atoms with E-state index >= 15 is 0 Å². The molecular weight excluding hydrogens is 352 g/mol. The minimum atomic E-state index is -3.91. The van der Waals surface area contributed by atoms with Crippen LogP contribution in [0.5, 0.6) is 0 Å². The van der Waals surface area contributed by atoms with E-state index in [1.165, 1.54) is 19.6 Å². The van der Waals surface area contributed by atoms with Gasteiger partial charge in [-0.25, -0.2) is 8.42 Å². The molecule has 1 aliphatic rings. The van der Waals surface area contributed by atoms with Gasteiger partial charge in [0.05, 0.1) is 12.6 Å². The smallest absolute Gasteiger partial charge is 0.323 e. The molecule has 1 atom stereocenters. The van der Waals surface area contributed by atoms with Gasteiger partial charge in [0.1, 0.15) is 10.9 Å². The summed E-state index contributed by atoms with van der Waals surface area (Å²) in [5.74, 6) is -0.214. The van der Waals surface area contributed by atoms with Gasteiger partial charge in [0.25, 0.3) is 0 Å². The highest BCUT2D eigenvalue weighted by Crippen LogP contribution is 2.28. The normalized spacial score (nSPS) is 17.1. The quantitative estimate of drug-likeness (QED) is 0.783. The number of ether oxygens (including phenoxy) is 1. The van der Waals surface area contributed by atoms with Gasteiger partial charge in [-0.2, -0.15) is 4.72 Å². The van der Waals surface area contributed by atoms with E-state index in [0.717, 1.165) is 31.1 Å². The van der Waals surface area contributed by atoms with E-state index in [0.29, 0.717) is 17.9 Å². The predicted octanol–water partition coefficient (Wildman–Crippen LogP) is 3.03. The lowest BCUT2D eigenvalue weighted by Crippen LogP contribution is -2.43. The average Bonchev–Trinajstić information content (AvgIpc) is 2.67. The number of aromatic nitrogens is 1. The second kappa shape index (κ2) is 8.14. The van der Waals surface area contributed by atoms with E-state index in [-0.39, 0.29) is 4.90 Å². The van der Waals surface area contributed by atoms with Crippen LogP contribution in [0.2, 0.25) is 0 Å². The van der Waals surface area contributed by atoms with Crippen LogP contribution in [0.3, 0.4) is 0 Å². The summed E-state index contributed by atoms with van der Waals surface area (Å²) in [6.07, 6.45) is 7.51. The van der Waals surface area contributed by atoms with Crippen molar-refractivity contribution in [2.75, 3.05) is 7.11 Å². The van der Waals surface area contributed by atoms with E-state index in [1.807, 2.05) is 0 Å². The Morgan fingerprint density at radius 3 is 2.69 bits per heavy atom. The summed E-state index contributed by atoms with van der Waals surface area (Å²) in [6.45, 7) is 0. The molecular formula is C19H24N2O4S. The third kappa shape index (κ3) is 4.22. The van der Waals surface area contributed by atoms with Gasteiger partial charge in [-0.3, -0.25) is 9.78 Å². The first kappa shape index (κ1) is 18.8. The van der Waals surface area contributed by atoms with Crippen LogP contribution in [0, 0.1) is 5.92 Å². The molecule has 0 amide bonds. The van der Waals surface area contributed by atoms with Crippen LogP contribution < -0.4 is 4.72 Å². The molecule has 3 rings (SSSR count). The van der Waals surface area contributed by atoms with Gasteiger partial charge >= 0.3 is 5.97 Å². The number of carbonyl (C=O) groups is 1. The maximum atomic E-state index is 13.0. The van der Waals surface area contributed by atoms with Crippen molar-refractivity contribution in [1.82, 2.24) is 9.71 Å². The molecule has 1 aromatic heterocycles. The lowest BCUT2D eigenvalue weighted by Gasteiger charge is -2.25. The number of benzene rings is 1. The van der Waals surface area contributed by atoms with Gasteiger partial charge in [0.2, 0.25) is 10.0 Å². The number of nitrogens with zero attached hydrogens (tertiary/aromatic N) is 1. The molecule has 1 saturated carbocycles. The maximum absolute atomic E-state index is 13.0. The second-order valence-electron chi connectivity index (χ2n) is 6.77. The van der Waals surface area contributed by atoms with Crippen LogP contribution >= 0.6 is 0 Å². The van der Waals surface area contributed by atoms with Gasteiger partial charge in [-0.1, -0.05) is 50.3 Å². The molecule has 0 bridgehead atoms. The standard InChI is InChI=1S/C19H24N2O4S/c1-25-19(22)16(13-14-7-3-2-4-8-14)21-26(23,24)17-11-5-9-15-10-6-12-20-18(15)17/h5-6,9-12,14,16,21H,2-4,7-8,13H2,1H3. The van der Waals surface area contributed by atoms with Gasteiger partial charge in [0.15, 0.2) is 0 Å². The van der Waals surface area contributed by atoms with Crippen LogP contribution in [0.15, 0.2) is 41.4 Å². The number of hydrogen-bond donors (Lipinski definition) is 1. The van der Waals surface area contributed by atoms with Crippen molar-refractivity contribution in [3.63, 3.8) is 0 Å². The van der Waals surface area contributed by atoms with Gasteiger partial charge in [-0.15, -0.1) is 0 Å². The number of esters is 1. The number of nitrogens with one attached hydrogen (secondary N) is 1. The van der Waals surface area contributed by atoms with E-state index in [4.69, 9.17) is 4.74 Å². The van der Waals surface area contributed by atoms with E-state index in [2.05, 4.69) is 9.71 Å². The van der Waals surface area contributed by atoms with Crippen LogP contribution in [-0.4, -0.2) is 32.5 Å². The van der Waals surface area contributed by atoms with Crippen molar-refractivity contribution in [3.8, 4) is 0 Å². The average molecular weight is 376 g/mol. The van der Waals surface area contributed by atoms with Crippen molar-refractivity contribution < 1.29 is 17.9 Å². The SMILES string of the molecule is COC(=O)C(CC1CCCCC1)NS(=O)(=O)c1cccc2cccnc12. The molecule has 6 nitrogen and oxygen atoms in total. The highest BCUT2D eigenvalue weighted by atomic mass is 32.2. The molecule has 0 spiro atoms. The molecule has 1 N–H and O–H groups in total. The van der Waals surface area contributed by atoms with Gasteiger partial charge < -0.3 is 4.74 Å². The number of methoxy groups -OCH3 is 1. The molecule has 1 fully saturated rings.